The average molecular weight is 316 g/mol. The van der Waals surface area contributed by atoms with Gasteiger partial charge in [-0.25, -0.2) is 0 Å². The van der Waals surface area contributed by atoms with E-state index < -0.39 is 17.7 Å². The van der Waals surface area contributed by atoms with Crippen molar-refractivity contribution in [3.05, 3.63) is 0 Å². The van der Waals surface area contributed by atoms with Crippen molar-refractivity contribution >= 4 is 5.97 Å². The summed E-state index contributed by atoms with van der Waals surface area (Å²) in [7, 11) is 0. The lowest BCUT2D eigenvalue weighted by Gasteiger charge is -2.31. The van der Waals surface area contributed by atoms with Crippen LogP contribution in [0.4, 0.5) is 0 Å². The highest BCUT2D eigenvalue weighted by atomic mass is 16.4. The lowest BCUT2D eigenvalue weighted by atomic mass is 9.86. The fourth-order valence-electron chi connectivity index (χ4n) is 2.85. The molecule has 22 heavy (non-hydrogen) atoms. The molecule has 0 aliphatic rings. The van der Waals surface area contributed by atoms with Crippen LogP contribution >= 0.6 is 0 Å². The van der Waals surface area contributed by atoms with Crippen molar-refractivity contribution in [3.8, 4) is 0 Å². The Labute approximate surface area is 135 Å². The van der Waals surface area contributed by atoms with Crippen LogP contribution in [0.2, 0.25) is 0 Å². The van der Waals surface area contributed by atoms with Crippen molar-refractivity contribution in [2.75, 3.05) is 0 Å². The summed E-state index contributed by atoms with van der Waals surface area (Å²) in [5, 5.41) is 28.9. The molecule has 4 nitrogen and oxygen atoms in total. The number of hydrogen-bond donors (Lipinski definition) is 3. The van der Waals surface area contributed by atoms with Gasteiger partial charge in [-0.3, -0.25) is 4.79 Å². The second-order valence-electron chi connectivity index (χ2n) is 6.50. The van der Waals surface area contributed by atoms with E-state index >= 15 is 0 Å². The lowest BCUT2D eigenvalue weighted by molar-refractivity contribution is -0.146. The fourth-order valence-corrected chi connectivity index (χ4v) is 2.85. The van der Waals surface area contributed by atoms with Crippen molar-refractivity contribution in [3.63, 3.8) is 0 Å². The Kier molecular flexibility index (Phi) is 12.5. The van der Waals surface area contributed by atoms with E-state index in [4.69, 9.17) is 5.11 Å². The van der Waals surface area contributed by atoms with Gasteiger partial charge in [0.05, 0.1) is 18.1 Å². The van der Waals surface area contributed by atoms with Gasteiger partial charge >= 0.3 is 5.97 Å². The lowest BCUT2D eigenvalue weighted by Crippen LogP contribution is -2.43. The number of unbranched alkanes of at least 4 members (excludes halogenated alkanes) is 9. The molecule has 2 unspecified atom stereocenters. The van der Waals surface area contributed by atoms with Gasteiger partial charge in [0.2, 0.25) is 0 Å². The van der Waals surface area contributed by atoms with Crippen LogP contribution in [0.25, 0.3) is 0 Å². The molecule has 2 atom stereocenters. The number of carboxylic acids is 1. The zero-order valence-electron chi connectivity index (χ0n) is 14.5. The first kappa shape index (κ1) is 21.4. The van der Waals surface area contributed by atoms with Gasteiger partial charge in [0, 0.05) is 0 Å². The minimum Gasteiger partial charge on any atom is -0.481 e. The molecule has 132 valence electrons. The summed E-state index contributed by atoms with van der Waals surface area (Å²) >= 11 is 0. The molecule has 4 heteroatoms. The molecule has 3 N–H and O–H groups in total. The van der Waals surface area contributed by atoms with Crippen LogP contribution in [0.1, 0.15) is 97.3 Å². The summed E-state index contributed by atoms with van der Waals surface area (Å²) in [6.07, 6.45) is 11.5. The number of hydrogen-bond acceptors (Lipinski definition) is 3. The molecule has 0 aromatic rings. The maximum atomic E-state index is 10.6. The van der Waals surface area contributed by atoms with Crippen LogP contribution in [0.5, 0.6) is 0 Å². The van der Waals surface area contributed by atoms with Gasteiger partial charge in [-0.15, -0.1) is 0 Å². The first-order valence-corrected chi connectivity index (χ1v) is 9.08. The van der Waals surface area contributed by atoms with Crippen LogP contribution in [-0.4, -0.2) is 33.0 Å². The number of carbonyl (C=O) groups is 1. The van der Waals surface area contributed by atoms with E-state index in [0.29, 0.717) is 12.8 Å². The fraction of sp³-hybridized carbons (Fsp3) is 0.944. The molecule has 0 bridgehead atoms. The number of carboxylic acid groups (broad SMARTS) is 1. The smallest absolute Gasteiger partial charge is 0.306 e. The van der Waals surface area contributed by atoms with Crippen LogP contribution in [-0.2, 0) is 4.79 Å². The summed E-state index contributed by atoms with van der Waals surface area (Å²) in [5.74, 6) is -1.07. The van der Waals surface area contributed by atoms with Gasteiger partial charge in [0.1, 0.15) is 0 Å². The Morgan fingerprint density at radius 2 is 1.36 bits per heavy atom. The second kappa shape index (κ2) is 12.9. The molecule has 0 amide bonds. The summed E-state index contributed by atoms with van der Waals surface area (Å²) < 4.78 is 0. The molecular weight excluding hydrogens is 280 g/mol. The van der Waals surface area contributed by atoms with Crippen LogP contribution in [0.3, 0.4) is 0 Å². The molecule has 0 rings (SSSR count). The molecule has 0 radical (unpaired) electrons. The third-order valence-electron chi connectivity index (χ3n) is 4.56. The monoisotopic (exact) mass is 316 g/mol. The number of aliphatic hydroxyl groups excluding tert-OH is 1. The van der Waals surface area contributed by atoms with Crippen molar-refractivity contribution < 1.29 is 20.1 Å². The van der Waals surface area contributed by atoms with E-state index in [0.717, 1.165) is 19.3 Å². The predicted octanol–water partition coefficient (Wildman–Crippen LogP) is 4.27. The van der Waals surface area contributed by atoms with Crippen molar-refractivity contribution in [2.45, 2.75) is 109 Å². The summed E-state index contributed by atoms with van der Waals surface area (Å²) in [5.41, 5.74) is -1.25. The van der Waals surface area contributed by atoms with Gasteiger partial charge < -0.3 is 15.3 Å². The summed E-state index contributed by atoms with van der Waals surface area (Å²) in [6, 6.07) is 0. The first-order valence-electron chi connectivity index (χ1n) is 9.08. The molecule has 0 aromatic carbocycles. The third-order valence-corrected chi connectivity index (χ3v) is 4.56. The average Bonchev–Trinajstić information content (AvgIpc) is 2.48. The van der Waals surface area contributed by atoms with Gasteiger partial charge in [-0.1, -0.05) is 78.1 Å². The standard InChI is InChI=1S/C18H36O4/c1-3-5-6-7-8-9-10-11-12-13-14-18(22,4-2)16(19)15-17(20)21/h16,19,22H,3-15H2,1-2H3,(H,20,21). The topological polar surface area (TPSA) is 77.8 Å². The molecule has 0 aliphatic carbocycles. The largest absolute Gasteiger partial charge is 0.481 e. The molecular formula is C18H36O4. The Hall–Kier alpha value is -0.610. The molecule has 0 aromatic heterocycles. The highest BCUT2D eigenvalue weighted by Crippen LogP contribution is 2.25. The number of aliphatic carboxylic acids is 1. The van der Waals surface area contributed by atoms with E-state index in [1.165, 1.54) is 44.9 Å². The Balaban J connectivity index is 3.68. The minimum atomic E-state index is -1.25. The normalized spacial score (nSPS) is 15.5. The molecule has 0 spiro atoms. The number of rotatable bonds is 15. The van der Waals surface area contributed by atoms with Crippen molar-refractivity contribution in [2.24, 2.45) is 0 Å². The number of aliphatic hydroxyl groups is 2. The Morgan fingerprint density at radius 1 is 0.909 bits per heavy atom. The van der Waals surface area contributed by atoms with Gasteiger partial charge in [0.15, 0.2) is 0 Å². The molecule has 0 aliphatic heterocycles. The van der Waals surface area contributed by atoms with Gasteiger partial charge in [-0.2, -0.15) is 0 Å². The van der Waals surface area contributed by atoms with Crippen LogP contribution < -0.4 is 0 Å². The second-order valence-corrected chi connectivity index (χ2v) is 6.50. The maximum Gasteiger partial charge on any atom is 0.306 e. The Morgan fingerprint density at radius 3 is 1.77 bits per heavy atom. The van der Waals surface area contributed by atoms with Gasteiger partial charge in [0.25, 0.3) is 0 Å². The third kappa shape index (κ3) is 10.2. The zero-order valence-corrected chi connectivity index (χ0v) is 14.5. The molecule has 0 heterocycles. The first-order chi connectivity index (χ1) is 10.5. The minimum absolute atomic E-state index is 0.387. The zero-order chi connectivity index (χ0) is 16.8. The van der Waals surface area contributed by atoms with Crippen LogP contribution in [0.15, 0.2) is 0 Å². The molecule has 0 saturated carbocycles. The van der Waals surface area contributed by atoms with Crippen molar-refractivity contribution in [1.29, 1.82) is 0 Å². The SMILES string of the molecule is CCCCCCCCCCCCC(O)(CC)C(O)CC(=O)O. The predicted molar refractivity (Wildman–Crippen MR) is 90.0 cm³/mol. The van der Waals surface area contributed by atoms with E-state index in [1.807, 2.05) is 0 Å². The Bertz CT molecular complexity index is 280. The molecule has 0 saturated heterocycles. The quantitative estimate of drug-likeness (QED) is 0.394. The van der Waals surface area contributed by atoms with E-state index in [1.54, 1.807) is 6.92 Å². The molecule has 0 fully saturated rings. The maximum absolute atomic E-state index is 10.6. The van der Waals surface area contributed by atoms with E-state index in [9.17, 15) is 15.0 Å². The highest BCUT2D eigenvalue weighted by molar-refractivity contribution is 5.67. The van der Waals surface area contributed by atoms with Crippen LogP contribution in [0, 0.1) is 0 Å². The van der Waals surface area contributed by atoms with E-state index in [2.05, 4.69) is 6.92 Å². The van der Waals surface area contributed by atoms with Crippen molar-refractivity contribution in [1.82, 2.24) is 0 Å². The summed E-state index contributed by atoms with van der Waals surface area (Å²) in [6.45, 7) is 4.02. The summed E-state index contributed by atoms with van der Waals surface area (Å²) in [4.78, 5) is 10.6. The highest BCUT2D eigenvalue weighted by Gasteiger charge is 2.34. The van der Waals surface area contributed by atoms with E-state index in [-0.39, 0.29) is 6.42 Å². The van der Waals surface area contributed by atoms with Gasteiger partial charge in [-0.05, 0) is 12.8 Å².